The van der Waals surface area contributed by atoms with Gasteiger partial charge in [0.2, 0.25) is 5.91 Å². The number of amides is 2. The SMILES string of the molecule is CC(C)CNC(=O)CCNC(=O)C(F)(F)C(F)F. The van der Waals surface area contributed by atoms with Gasteiger partial charge < -0.3 is 10.6 Å². The molecule has 0 bridgehead atoms. The number of hydrogen-bond donors (Lipinski definition) is 2. The number of carbonyl (C=O) groups is 2. The molecule has 0 saturated heterocycles. The summed E-state index contributed by atoms with van der Waals surface area (Å²) in [6.45, 7) is 3.74. The summed E-state index contributed by atoms with van der Waals surface area (Å²) < 4.78 is 48.4. The Kier molecular flexibility index (Phi) is 6.64. The van der Waals surface area contributed by atoms with Crippen molar-refractivity contribution in [1.29, 1.82) is 0 Å². The van der Waals surface area contributed by atoms with Gasteiger partial charge in [0.25, 0.3) is 5.91 Å². The van der Waals surface area contributed by atoms with Crippen LogP contribution in [0.15, 0.2) is 0 Å². The molecule has 2 amide bonds. The quantitative estimate of drug-likeness (QED) is 0.683. The smallest absolute Gasteiger partial charge is 0.356 e. The highest BCUT2D eigenvalue weighted by atomic mass is 19.3. The molecule has 106 valence electrons. The van der Waals surface area contributed by atoms with Crippen molar-refractivity contribution in [2.45, 2.75) is 32.6 Å². The molecule has 0 aliphatic rings. The Hall–Kier alpha value is -1.34. The van der Waals surface area contributed by atoms with E-state index in [1.165, 1.54) is 0 Å². The van der Waals surface area contributed by atoms with E-state index < -0.39 is 30.7 Å². The van der Waals surface area contributed by atoms with E-state index in [0.29, 0.717) is 6.54 Å². The molecule has 0 rings (SSSR count). The van der Waals surface area contributed by atoms with E-state index in [2.05, 4.69) is 5.32 Å². The summed E-state index contributed by atoms with van der Waals surface area (Å²) in [6, 6.07) is 0. The Morgan fingerprint density at radius 1 is 1.17 bits per heavy atom. The van der Waals surface area contributed by atoms with E-state index in [-0.39, 0.29) is 12.3 Å². The molecular weight excluding hydrogens is 256 g/mol. The third-order valence-corrected chi connectivity index (χ3v) is 1.92. The van der Waals surface area contributed by atoms with Gasteiger partial charge in [-0.1, -0.05) is 13.8 Å². The molecule has 0 saturated carbocycles. The van der Waals surface area contributed by atoms with Gasteiger partial charge in [-0.2, -0.15) is 8.78 Å². The molecule has 8 heteroatoms. The van der Waals surface area contributed by atoms with Gasteiger partial charge in [-0.25, -0.2) is 8.78 Å². The van der Waals surface area contributed by atoms with Gasteiger partial charge >= 0.3 is 12.3 Å². The van der Waals surface area contributed by atoms with Crippen LogP contribution in [-0.2, 0) is 9.59 Å². The standard InChI is InChI=1S/C10H16F4N2O2/c1-6(2)5-16-7(17)3-4-15-9(18)10(13,14)8(11)12/h6,8H,3-5H2,1-2H3,(H,15,18)(H,16,17). The van der Waals surface area contributed by atoms with Crippen molar-refractivity contribution in [1.82, 2.24) is 10.6 Å². The van der Waals surface area contributed by atoms with Crippen LogP contribution < -0.4 is 10.6 Å². The van der Waals surface area contributed by atoms with Gasteiger partial charge in [0.15, 0.2) is 0 Å². The number of rotatable bonds is 7. The van der Waals surface area contributed by atoms with Gasteiger partial charge in [-0.15, -0.1) is 0 Å². The van der Waals surface area contributed by atoms with Crippen LogP contribution in [0, 0.1) is 5.92 Å². The second kappa shape index (κ2) is 7.17. The lowest BCUT2D eigenvalue weighted by molar-refractivity contribution is -0.169. The summed E-state index contributed by atoms with van der Waals surface area (Å²) in [6.07, 6.45) is -4.30. The fraction of sp³-hybridized carbons (Fsp3) is 0.800. The zero-order valence-corrected chi connectivity index (χ0v) is 10.1. The van der Waals surface area contributed by atoms with Crippen molar-refractivity contribution in [3.05, 3.63) is 0 Å². The van der Waals surface area contributed by atoms with E-state index in [1.807, 2.05) is 13.8 Å². The Morgan fingerprint density at radius 2 is 1.72 bits per heavy atom. The van der Waals surface area contributed by atoms with Gasteiger partial charge in [-0.3, -0.25) is 9.59 Å². The molecule has 0 aromatic carbocycles. The fourth-order valence-electron chi connectivity index (χ4n) is 0.913. The molecule has 0 heterocycles. The molecule has 0 aliphatic heterocycles. The van der Waals surface area contributed by atoms with Crippen molar-refractivity contribution in [3.63, 3.8) is 0 Å². The Labute approximate surface area is 102 Å². The predicted molar refractivity (Wildman–Crippen MR) is 56.4 cm³/mol. The number of halogens is 4. The van der Waals surface area contributed by atoms with Crippen molar-refractivity contribution in [2.75, 3.05) is 13.1 Å². The number of carbonyl (C=O) groups excluding carboxylic acids is 2. The summed E-state index contributed by atoms with van der Waals surface area (Å²) in [4.78, 5) is 21.8. The molecule has 2 N–H and O–H groups in total. The molecule has 0 unspecified atom stereocenters. The predicted octanol–water partition coefficient (Wildman–Crippen LogP) is 1.17. The zero-order chi connectivity index (χ0) is 14.3. The summed E-state index contributed by atoms with van der Waals surface area (Å²) in [5.74, 6) is -7.01. The van der Waals surface area contributed by atoms with Crippen LogP contribution in [0.1, 0.15) is 20.3 Å². The molecule has 0 aromatic heterocycles. The van der Waals surface area contributed by atoms with E-state index in [4.69, 9.17) is 0 Å². The van der Waals surface area contributed by atoms with Crippen molar-refractivity contribution < 1.29 is 27.2 Å². The van der Waals surface area contributed by atoms with Crippen LogP contribution in [0.2, 0.25) is 0 Å². The molecule has 0 atom stereocenters. The summed E-state index contributed by atoms with van der Waals surface area (Å²) in [7, 11) is 0. The van der Waals surface area contributed by atoms with Gasteiger partial charge in [0, 0.05) is 19.5 Å². The van der Waals surface area contributed by atoms with Crippen LogP contribution >= 0.6 is 0 Å². The average molecular weight is 272 g/mol. The van der Waals surface area contributed by atoms with Crippen LogP contribution in [0.3, 0.4) is 0 Å². The Balaban J connectivity index is 3.91. The Bertz CT molecular complexity index is 296. The van der Waals surface area contributed by atoms with Crippen molar-refractivity contribution in [2.24, 2.45) is 5.92 Å². The molecule has 0 spiro atoms. The zero-order valence-electron chi connectivity index (χ0n) is 10.1. The highest BCUT2D eigenvalue weighted by molar-refractivity contribution is 5.84. The van der Waals surface area contributed by atoms with E-state index in [9.17, 15) is 27.2 Å². The number of nitrogens with one attached hydrogen (secondary N) is 2. The van der Waals surface area contributed by atoms with E-state index in [1.54, 1.807) is 5.32 Å². The van der Waals surface area contributed by atoms with Crippen LogP contribution in [0.25, 0.3) is 0 Å². The molecule has 0 fully saturated rings. The van der Waals surface area contributed by atoms with Crippen LogP contribution in [0.4, 0.5) is 17.6 Å². The second-order valence-corrected chi connectivity index (χ2v) is 4.13. The topological polar surface area (TPSA) is 58.2 Å². The minimum Gasteiger partial charge on any atom is -0.356 e. The molecule has 18 heavy (non-hydrogen) atoms. The first kappa shape index (κ1) is 16.7. The number of alkyl halides is 4. The molecule has 0 aromatic rings. The van der Waals surface area contributed by atoms with Gasteiger partial charge in [-0.05, 0) is 5.92 Å². The first-order valence-electron chi connectivity index (χ1n) is 5.38. The lowest BCUT2D eigenvalue weighted by atomic mass is 10.2. The average Bonchev–Trinajstić information content (AvgIpc) is 2.25. The normalized spacial score (nSPS) is 11.8. The minimum atomic E-state index is -4.73. The first-order valence-corrected chi connectivity index (χ1v) is 5.38. The Morgan fingerprint density at radius 3 is 2.17 bits per heavy atom. The highest BCUT2D eigenvalue weighted by Crippen LogP contribution is 2.22. The molecule has 0 radical (unpaired) electrons. The highest BCUT2D eigenvalue weighted by Gasteiger charge is 2.48. The summed E-state index contributed by atoms with van der Waals surface area (Å²) in [5.41, 5.74) is 0. The maximum atomic E-state index is 12.5. The lowest BCUT2D eigenvalue weighted by Crippen LogP contribution is -2.46. The first-order chi connectivity index (χ1) is 8.17. The second-order valence-electron chi connectivity index (χ2n) is 4.13. The maximum Gasteiger partial charge on any atom is 0.383 e. The third kappa shape index (κ3) is 5.83. The summed E-state index contributed by atoms with van der Waals surface area (Å²) >= 11 is 0. The third-order valence-electron chi connectivity index (χ3n) is 1.92. The molecular formula is C10H16F4N2O2. The van der Waals surface area contributed by atoms with Gasteiger partial charge in [0.1, 0.15) is 0 Å². The van der Waals surface area contributed by atoms with E-state index in [0.717, 1.165) is 0 Å². The summed E-state index contributed by atoms with van der Waals surface area (Å²) in [5, 5.41) is 4.08. The minimum absolute atomic E-state index is 0.228. The molecule has 4 nitrogen and oxygen atoms in total. The monoisotopic (exact) mass is 272 g/mol. The van der Waals surface area contributed by atoms with E-state index >= 15 is 0 Å². The fourth-order valence-corrected chi connectivity index (χ4v) is 0.913. The van der Waals surface area contributed by atoms with Gasteiger partial charge in [0.05, 0.1) is 0 Å². The van der Waals surface area contributed by atoms with Crippen molar-refractivity contribution in [3.8, 4) is 0 Å². The van der Waals surface area contributed by atoms with Crippen LogP contribution in [-0.4, -0.2) is 37.3 Å². The van der Waals surface area contributed by atoms with Crippen LogP contribution in [0.5, 0.6) is 0 Å². The maximum absolute atomic E-state index is 12.5. The molecule has 0 aliphatic carbocycles. The van der Waals surface area contributed by atoms with Crippen molar-refractivity contribution >= 4 is 11.8 Å². The largest absolute Gasteiger partial charge is 0.383 e. The number of hydrogen-bond acceptors (Lipinski definition) is 2. The lowest BCUT2D eigenvalue weighted by Gasteiger charge is -2.14.